The van der Waals surface area contributed by atoms with Crippen LogP contribution in [0.15, 0.2) is 0 Å². The van der Waals surface area contributed by atoms with Crippen LogP contribution >= 0.6 is 0 Å². The molecule has 2 fully saturated rings. The average Bonchev–Trinajstić information content (AvgIpc) is 2.37. The van der Waals surface area contributed by atoms with Gasteiger partial charge in [-0.3, -0.25) is 0 Å². The molecule has 0 bridgehead atoms. The predicted molar refractivity (Wildman–Crippen MR) is 71.0 cm³/mol. The lowest BCUT2D eigenvalue weighted by atomic mass is 9.67. The highest BCUT2D eigenvalue weighted by Crippen LogP contribution is 2.58. The Hall–Kier alpha value is -0.120. The number of hydrogen-bond acceptors (Lipinski definition) is 3. The van der Waals surface area contributed by atoms with Crippen molar-refractivity contribution in [2.24, 2.45) is 23.2 Å². The molecule has 0 aromatic rings. The Kier molecular flexibility index (Phi) is 3.54. The lowest BCUT2D eigenvalue weighted by Crippen LogP contribution is -2.49. The Balaban J connectivity index is 2.38. The monoisotopic (exact) mass is 256 g/mol. The van der Waals surface area contributed by atoms with Crippen molar-refractivity contribution in [2.75, 3.05) is 0 Å². The molecule has 2 saturated carbocycles. The molecule has 0 saturated heterocycles. The second kappa shape index (κ2) is 4.46. The lowest BCUT2D eigenvalue weighted by molar-refractivity contribution is -0.113. The summed E-state index contributed by atoms with van der Waals surface area (Å²) in [7, 11) is 0. The van der Waals surface area contributed by atoms with Crippen LogP contribution in [0.1, 0.15) is 53.4 Å². The van der Waals surface area contributed by atoms with E-state index in [0.29, 0.717) is 19.3 Å². The lowest BCUT2D eigenvalue weighted by Gasteiger charge is -2.43. The van der Waals surface area contributed by atoms with E-state index in [9.17, 15) is 15.3 Å². The topological polar surface area (TPSA) is 60.7 Å². The van der Waals surface area contributed by atoms with Gasteiger partial charge in [-0.25, -0.2) is 0 Å². The molecule has 6 atom stereocenters. The summed E-state index contributed by atoms with van der Waals surface area (Å²) in [5, 5.41) is 31.7. The number of aliphatic hydroxyl groups is 3. The number of hydrogen-bond donors (Lipinski definition) is 3. The zero-order valence-corrected chi connectivity index (χ0v) is 12.1. The van der Waals surface area contributed by atoms with E-state index < -0.39 is 11.7 Å². The Labute approximate surface area is 110 Å². The van der Waals surface area contributed by atoms with Gasteiger partial charge in [0, 0.05) is 11.3 Å². The van der Waals surface area contributed by atoms with Crippen molar-refractivity contribution in [3.05, 3.63) is 0 Å². The summed E-state index contributed by atoms with van der Waals surface area (Å²) < 4.78 is 0. The van der Waals surface area contributed by atoms with Gasteiger partial charge in [0.05, 0.1) is 17.8 Å². The summed E-state index contributed by atoms with van der Waals surface area (Å²) >= 11 is 0. The van der Waals surface area contributed by atoms with Crippen molar-refractivity contribution < 1.29 is 15.3 Å². The minimum atomic E-state index is -0.827. The molecule has 0 radical (unpaired) electrons. The van der Waals surface area contributed by atoms with Gasteiger partial charge < -0.3 is 15.3 Å². The highest BCUT2D eigenvalue weighted by atomic mass is 16.3. The molecule has 3 N–H and O–H groups in total. The van der Waals surface area contributed by atoms with Gasteiger partial charge in [0.1, 0.15) is 0 Å². The molecular weight excluding hydrogens is 228 g/mol. The Morgan fingerprint density at radius 2 is 1.67 bits per heavy atom. The molecule has 0 heterocycles. The first-order valence-electron chi connectivity index (χ1n) is 7.30. The smallest absolute Gasteiger partial charge is 0.0758 e. The minimum Gasteiger partial charge on any atom is -0.393 e. The maximum Gasteiger partial charge on any atom is 0.0758 e. The van der Waals surface area contributed by atoms with Crippen molar-refractivity contribution in [1.29, 1.82) is 0 Å². The van der Waals surface area contributed by atoms with E-state index in [4.69, 9.17) is 0 Å². The largest absolute Gasteiger partial charge is 0.393 e. The summed E-state index contributed by atoms with van der Waals surface area (Å²) in [6.45, 7) is 8.24. The van der Waals surface area contributed by atoms with Crippen LogP contribution in [0.5, 0.6) is 0 Å². The zero-order valence-electron chi connectivity index (χ0n) is 12.1. The number of aliphatic hydroxyl groups excluding tert-OH is 2. The third-order valence-corrected chi connectivity index (χ3v) is 5.69. The molecule has 0 aromatic carbocycles. The number of rotatable bonds is 1. The third kappa shape index (κ3) is 1.91. The quantitative estimate of drug-likeness (QED) is 0.672. The number of fused-ring (bicyclic) bond motifs is 1. The fourth-order valence-corrected chi connectivity index (χ4v) is 4.51. The molecule has 18 heavy (non-hydrogen) atoms. The van der Waals surface area contributed by atoms with E-state index in [-0.39, 0.29) is 29.3 Å². The van der Waals surface area contributed by atoms with Gasteiger partial charge >= 0.3 is 0 Å². The Morgan fingerprint density at radius 1 is 1.11 bits per heavy atom. The molecule has 106 valence electrons. The van der Waals surface area contributed by atoms with Crippen LogP contribution in [0.25, 0.3) is 0 Å². The highest BCUT2D eigenvalue weighted by Gasteiger charge is 2.62. The molecule has 3 heteroatoms. The normalized spacial score (nSPS) is 53.3. The highest BCUT2D eigenvalue weighted by molar-refractivity contribution is 5.12. The molecule has 2 rings (SSSR count). The zero-order chi connectivity index (χ0) is 13.7. The molecule has 0 amide bonds. The maximum atomic E-state index is 11.2. The fourth-order valence-electron chi connectivity index (χ4n) is 4.51. The van der Waals surface area contributed by atoms with Crippen LogP contribution in [0.3, 0.4) is 0 Å². The molecule has 0 aliphatic heterocycles. The molecular formula is C15H28O3. The van der Waals surface area contributed by atoms with Gasteiger partial charge in [-0.1, -0.05) is 27.7 Å². The van der Waals surface area contributed by atoms with E-state index in [1.54, 1.807) is 0 Å². The summed E-state index contributed by atoms with van der Waals surface area (Å²) in [5.41, 5.74) is -1.18. The molecule has 2 aliphatic rings. The molecule has 0 aromatic heterocycles. The van der Waals surface area contributed by atoms with Crippen LogP contribution in [-0.4, -0.2) is 33.1 Å². The minimum absolute atomic E-state index is 0.0694. The van der Waals surface area contributed by atoms with Crippen molar-refractivity contribution in [3.8, 4) is 0 Å². The van der Waals surface area contributed by atoms with Crippen LogP contribution in [0, 0.1) is 23.2 Å². The van der Waals surface area contributed by atoms with Gasteiger partial charge in [0.15, 0.2) is 0 Å². The first-order valence-corrected chi connectivity index (χ1v) is 7.30. The predicted octanol–water partition coefficient (Wildman–Crippen LogP) is 1.94. The summed E-state index contributed by atoms with van der Waals surface area (Å²) in [5.74, 6) is 0.429. The van der Waals surface area contributed by atoms with Gasteiger partial charge in [-0.2, -0.15) is 0 Å². The summed E-state index contributed by atoms with van der Waals surface area (Å²) in [6, 6.07) is 0. The Morgan fingerprint density at radius 3 is 2.22 bits per heavy atom. The van der Waals surface area contributed by atoms with Crippen LogP contribution in [-0.2, 0) is 0 Å². The third-order valence-electron chi connectivity index (χ3n) is 5.69. The van der Waals surface area contributed by atoms with Gasteiger partial charge in [0.2, 0.25) is 0 Å². The van der Waals surface area contributed by atoms with Crippen molar-refractivity contribution in [3.63, 3.8) is 0 Å². The second-order valence-electron chi connectivity index (χ2n) is 7.31. The van der Waals surface area contributed by atoms with E-state index in [1.165, 1.54) is 0 Å². The van der Waals surface area contributed by atoms with Gasteiger partial charge in [0.25, 0.3) is 0 Å². The van der Waals surface area contributed by atoms with Crippen molar-refractivity contribution in [2.45, 2.75) is 71.2 Å². The Bertz CT molecular complexity index is 317. The molecule has 3 nitrogen and oxygen atoms in total. The average molecular weight is 256 g/mol. The van der Waals surface area contributed by atoms with E-state index in [2.05, 4.69) is 20.8 Å². The maximum absolute atomic E-state index is 11.2. The van der Waals surface area contributed by atoms with Crippen LogP contribution in [0.4, 0.5) is 0 Å². The summed E-state index contributed by atoms with van der Waals surface area (Å²) in [4.78, 5) is 0. The fraction of sp³-hybridized carbons (Fsp3) is 1.00. The van der Waals surface area contributed by atoms with Crippen LogP contribution < -0.4 is 0 Å². The first kappa shape index (κ1) is 14.3. The van der Waals surface area contributed by atoms with E-state index in [1.807, 2.05) is 6.92 Å². The van der Waals surface area contributed by atoms with Crippen LogP contribution in [0.2, 0.25) is 0 Å². The van der Waals surface area contributed by atoms with E-state index >= 15 is 0 Å². The molecule has 0 spiro atoms. The van der Waals surface area contributed by atoms with Gasteiger partial charge in [-0.05, 0) is 37.5 Å². The summed E-state index contributed by atoms with van der Waals surface area (Å²) in [6.07, 6.45) is 1.94. The van der Waals surface area contributed by atoms with E-state index in [0.717, 1.165) is 6.42 Å². The molecule has 0 unspecified atom stereocenters. The van der Waals surface area contributed by atoms with Crippen molar-refractivity contribution >= 4 is 0 Å². The standard InChI is InChI=1S/C15H28O3/c1-9(2)13-12(17)8-14(4)7-11(16)10(3)5-6-15(13,14)18/h9-13,16-18H,5-8H2,1-4H3/t10-,11-,12-,13-,14-,15-/m0/s1. The SMILES string of the molecule is CC(C)[C@H]1[C@@H](O)C[C@]2(C)C[C@H](O)[C@@H](C)CC[C@]12O. The van der Waals surface area contributed by atoms with Gasteiger partial charge in [-0.15, -0.1) is 0 Å². The molecule has 2 aliphatic carbocycles. The first-order chi connectivity index (χ1) is 8.21. The second-order valence-corrected chi connectivity index (χ2v) is 7.31. The van der Waals surface area contributed by atoms with Crippen molar-refractivity contribution in [1.82, 2.24) is 0 Å².